The average Bonchev–Trinajstić information content (AvgIpc) is 3.54. The number of nitriles is 1. The maximum absolute atomic E-state index is 13.0. The number of rotatable bonds is 3. The average molecular weight is 543 g/mol. The van der Waals surface area contributed by atoms with E-state index in [2.05, 4.69) is 38.1 Å². The third kappa shape index (κ3) is 4.39. The van der Waals surface area contributed by atoms with Crippen LogP contribution < -0.4 is 9.80 Å². The maximum Gasteiger partial charge on any atom is 0.410 e. The van der Waals surface area contributed by atoms with Gasteiger partial charge in [0.15, 0.2) is 0 Å². The van der Waals surface area contributed by atoms with Gasteiger partial charge in [-0.25, -0.2) is 24.4 Å². The van der Waals surface area contributed by atoms with Crippen LogP contribution in [0.3, 0.4) is 0 Å². The summed E-state index contributed by atoms with van der Waals surface area (Å²) in [6.07, 6.45) is 8.32. The number of amides is 1. The summed E-state index contributed by atoms with van der Waals surface area (Å²) in [6, 6.07) is 5.91. The van der Waals surface area contributed by atoms with E-state index in [-0.39, 0.29) is 29.6 Å². The molecule has 40 heavy (non-hydrogen) atoms. The number of carbonyl (C=O) groups excluding carboxylic acids is 1. The van der Waals surface area contributed by atoms with E-state index in [1.54, 1.807) is 24.8 Å². The molecule has 208 valence electrons. The zero-order valence-electron chi connectivity index (χ0n) is 23.5. The van der Waals surface area contributed by atoms with Crippen LogP contribution in [0, 0.1) is 11.3 Å². The van der Waals surface area contributed by atoms with Crippen LogP contribution in [0.2, 0.25) is 0 Å². The Balaban J connectivity index is 1.36. The molecule has 3 aromatic rings. The number of hydrogen-bond donors (Lipinski definition) is 0. The van der Waals surface area contributed by atoms with Gasteiger partial charge in [0.1, 0.15) is 29.4 Å². The number of carbonyl (C=O) groups is 1. The lowest BCUT2D eigenvalue weighted by molar-refractivity contribution is 0.0129. The monoisotopic (exact) mass is 542 g/mol. The molecular weight excluding hydrogens is 508 g/mol. The van der Waals surface area contributed by atoms with Gasteiger partial charge in [0.25, 0.3) is 0 Å². The highest BCUT2D eigenvalue weighted by molar-refractivity contribution is 5.75. The second kappa shape index (κ2) is 9.43. The van der Waals surface area contributed by atoms with E-state index in [1.807, 2.05) is 49.5 Å². The highest BCUT2D eigenvalue weighted by Crippen LogP contribution is 2.59. The van der Waals surface area contributed by atoms with Gasteiger partial charge in [-0.2, -0.15) is 5.26 Å². The summed E-state index contributed by atoms with van der Waals surface area (Å²) in [5.74, 6) is 2.41. The van der Waals surface area contributed by atoms with Gasteiger partial charge in [-0.3, -0.25) is 0 Å². The summed E-state index contributed by atoms with van der Waals surface area (Å²) in [5.41, 5.74) is 0.886. The first-order chi connectivity index (χ1) is 19.1. The lowest BCUT2D eigenvalue weighted by Crippen LogP contribution is -2.59. The summed E-state index contributed by atoms with van der Waals surface area (Å²) < 4.78 is 7.62. The molecule has 0 bridgehead atoms. The molecule has 0 unspecified atom stereocenters. The van der Waals surface area contributed by atoms with Gasteiger partial charge in [0.05, 0.1) is 23.9 Å². The minimum Gasteiger partial charge on any atom is -0.444 e. The number of nitrogens with zero attached hydrogens (tertiary/aromatic N) is 10. The van der Waals surface area contributed by atoms with E-state index >= 15 is 0 Å². The molecule has 0 N–H and O–H groups in total. The number of anilines is 3. The van der Waals surface area contributed by atoms with Crippen LogP contribution >= 0.6 is 0 Å². The van der Waals surface area contributed by atoms with Crippen molar-refractivity contribution in [2.24, 2.45) is 0 Å². The van der Waals surface area contributed by atoms with E-state index in [4.69, 9.17) is 14.7 Å². The lowest BCUT2D eigenvalue weighted by atomic mass is 9.62. The summed E-state index contributed by atoms with van der Waals surface area (Å²) in [5, 5.41) is 17.8. The first-order valence-electron chi connectivity index (χ1n) is 13.7. The number of aromatic nitrogens is 6. The molecule has 1 saturated carbocycles. The molecule has 2 atom stereocenters. The zero-order valence-corrected chi connectivity index (χ0v) is 23.5. The molecule has 1 spiro atoms. The summed E-state index contributed by atoms with van der Waals surface area (Å²) >= 11 is 0. The molecule has 2 aliphatic heterocycles. The summed E-state index contributed by atoms with van der Waals surface area (Å²) in [6.45, 7) is 11.7. The van der Waals surface area contributed by atoms with Crippen molar-refractivity contribution >= 4 is 23.5 Å². The Morgan fingerprint density at radius 2 is 1.88 bits per heavy atom. The Hall–Kier alpha value is -4.27. The normalized spacial score (nSPS) is 25.9. The number of pyridine rings is 1. The van der Waals surface area contributed by atoms with Gasteiger partial charge in [0, 0.05) is 55.1 Å². The molecule has 12 heteroatoms. The van der Waals surface area contributed by atoms with Crippen LogP contribution in [0.15, 0.2) is 37.1 Å². The number of fused-ring (bicyclic) bond motifs is 2. The Labute approximate surface area is 233 Å². The van der Waals surface area contributed by atoms with Crippen molar-refractivity contribution in [1.29, 1.82) is 5.26 Å². The molecule has 0 aromatic carbocycles. The molecule has 12 nitrogen and oxygen atoms in total. The molecule has 3 aromatic heterocycles. The topological polar surface area (TPSA) is 129 Å². The summed E-state index contributed by atoms with van der Waals surface area (Å²) in [7, 11) is 0. The predicted molar refractivity (Wildman–Crippen MR) is 147 cm³/mol. The molecule has 2 fully saturated rings. The molecule has 1 aliphatic carbocycles. The zero-order chi connectivity index (χ0) is 28.2. The fraction of sp³-hybridized carbons (Fsp3) is 0.536. The Morgan fingerprint density at radius 1 is 1.10 bits per heavy atom. The van der Waals surface area contributed by atoms with Crippen molar-refractivity contribution < 1.29 is 9.53 Å². The minimum atomic E-state index is -0.553. The number of piperazine rings is 1. The third-order valence-corrected chi connectivity index (χ3v) is 8.16. The second-order valence-electron chi connectivity index (χ2n) is 12.2. The number of ether oxygens (including phenoxy) is 1. The van der Waals surface area contributed by atoms with Crippen molar-refractivity contribution in [2.75, 3.05) is 29.4 Å². The Bertz CT molecular complexity index is 1450. The van der Waals surface area contributed by atoms with E-state index < -0.39 is 5.60 Å². The van der Waals surface area contributed by atoms with Gasteiger partial charge in [-0.15, -0.1) is 5.10 Å². The number of hydrogen-bond acceptors (Lipinski definition) is 10. The molecule has 3 aliphatic rings. The molecule has 1 saturated heterocycles. The van der Waals surface area contributed by atoms with Gasteiger partial charge < -0.3 is 19.4 Å². The molecule has 1 amide bonds. The second-order valence-corrected chi connectivity index (χ2v) is 12.2. The van der Waals surface area contributed by atoms with Gasteiger partial charge in [0.2, 0.25) is 0 Å². The van der Waals surface area contributed by atoms with Crippen LogP contribution in [-0.4, -0.2) is 78.3 Å². The Morgan fingerprint density at radius 3 is 2.58 bits per heavy atom. The molecule has 5 heterocycles. The quantitative estimate of drug-likeness (QED) is 0.484. The first kappa shape index (κ1) is 26.0. The van der Waals surface area contributed by atoms with Crippen LogP contribution in [0.1, 0.15) is 64.6 Å². The van der Waals surface area contributed by atoms with Crippen molar-refractivity contribution in [3.8, 4) is 6.07 Å². The highest BCUT2D eigenvalue weighted by Gasteiger charge is 2.56. The van der Waals surface area contributed by atoms with E-state index in [0.717, 1.165) is 30.0 Å². The van der Waals surface area contributed by atoms with Crippen LogP contribution in [0.5, 0.6) is 0 Å². The SMILES string of the molecule is C[C@@H]1CN(c2ncnc3c2C2(CC(n4ccnn4)C2)CN3c2cc(C#N)ccn2)[C@@H](C)CN1C(=O)OC(C)(C)C. The summed E-state index contributed by atoms with van der Waals surface area (Å²) in [4.78, 5) is 33.4. The van der Waals surface area contributed by atoms with E-state index in [0.29, 0.717) is 31.0 Å². The van der Waals surface area contributed by atoms with Crippen molar-refractivity contribution in [1.82, 2.24) is 34.8 Å². The molecular formula is C28H34N10O2. The molecule has 6 rings (SSSR count). The van der Waals surface area contributed by atoms with Crippen LogP contribution in [-0.2, 0) is 10.2 Å². The fourth-order valence-corrected chi connectivity index (χ4v) is 6.32. The fourth-order valence-electron chi connectivity index (χ4n) is 6.32. The maximum atomic E-state index is 13.0. The standard InChI is InChI=1S/C28H34N10O2/c1-18-15-36(26(39)40-27(3,4)5)19(2)14-35(18)24-23-25(32-17-31-24)37(22-10-20(13-29)6-7-30-22)16-28(23)11-21(12-28)38-9-8-33-34-38/h6-10,17-19,21H,11-12,14-16H2,1-5H3/t18-,19+,21?,28?/m0/s1. The van der Waals surface area contributed by atoms with Crippen LogP contribution in [0.25, 0.3) is 0 Å². The van der Waals surface area contributed by atoms with Crippen molar-refractivity contribution in [2.45, 2.75) is 76.6 Å². The van der Waals surface area contributed by atoms with E-state index in [9.17, 15) is 10.1 Å². The third-order valence-electron chi connectivity index (χ3n) is 8.16. The van der Waals surface area contributed by atoms with Gasteiger partial charge >= 0.3 is 6.09 Å². The van der Waals surface area contributed by atoms with Gasteiger partial charge in [-0.05, 0) is 59.6 Å². The first-order valence-corrected chi connectivity index (χ1v) is 13.7. The highest BCUT2D eigenvalue weighted by atomic mass is 16.6. The predicted octanol–water partition coefficient (Wildman–Crippen LogP) is 3.59. The smallest absolute Gasteiger partial charge is 0.410 e. The van der Waals surface area contributed by atoms with Crippen molar-refractivity contribution in [3.63, 3.8) is 0 Å². The molecule has 0 radical (unpaired) electrons. The largest absolute Gasteiger partial charge is 0.444 e. The van der Waals surface area contributed by atoms with Crippen LogP contribution in [0.4, 0.5) is 22.2 Å². The van der Waals surface area contributed by atoms with E-state index in [1.165, 1.54) is 0 Å². The Kier molecular flexibility index (Phi) is 6.12. The van der Waals surface area contributed by atoms with Gasteiger partial charge in [-0.1, -0.05) is 5.21 Å². The lowest BCUT2D eigenvalue weighted by Gasteiger charge is -2.48. The van der Waals surface area contributed by atoms with Crippen molar-refractivity contribution in [3.05, 3.63) is 48.2 Å². The minimum absolute atomic E-state index is 0.0139.